The number of aromatic hydroxyl groups is 2. The molecule has 0 heterocycles. The highest BCUT2D eigenvalue weighted by molar-refractivity contribution is 5.44. The molecule has 1 aromatic rings. The van der Waals surface area contributed by atoms with Crippen LogP contribution in [-0.4, -0.2) is 30.0 Å². The van der Waals surface area contributed by atoms with Crippen molar-refractivity contribution in [3.05, 3.63) is 35.9 Å². The molecular weight excluding hydrogens is 218 g/mol. The van der Waals surface area contributed by atoms with E-state index in [4.69, 9.17) is 4.74 Å². The predicted octanol–water partition coefficient (Wildman–Crippen LogP) is 1.78. The molecule has 1 rings (SSSR count). The van der Waals surface area contributed by atoms with Crippen molar-refractivity contribution < 1.29 is 14.9 Å². The van der Waals surface area contributed by atoms with Gasteiger partial charge in [0.05, 0.1) is 13.2 Å². The number of benzene rings is 1. The lowest BCUT2D eigenvalue weighted by atomic mass is 10.2. The van der Waals surface area contributed by atoms with Crippen molar-refractivity contribution >= 4 is 0 Å². The zero-order valence-electron chi connectivity index (χ0n) is 10.1. The Kier molecular flexibility index (Phi) is 5.52. The number of para-hydroxylation sites is 1. The van der Waals surface area contributed by atoms with Crippen molar-refractivity contribution in [3.8, 4) is 11.5 Å². The van der Waals surface area contributed by atoms with E-state index in [0.29, 0.717) is 31.9 Å². The van der Waals surface area contributed by atoms with Gasteiger partial charge in [-0.15, -0.1) is 0 Å². The smallest absolute Gasteiger partial charge is 0.161 e. The molecule has 17 heavy (non-hydrogen) atoms. The van der Waals surface area contributed by atoms with Gasteiger partial charge in [-0.1, -0.05) is 24.3 Å². The van der Waals surface area contributed by atoms with E-state index in [0.717, 1.165) is 5.57 Å². The molecule has 0 spiro atoms. The minimum absolute atomic E-state index is 0.0668. The normalized spacial score (nSPS) is 10.4. The molecule has 3 N–H and O–H groups in total. The standard InChI is InChI=1S/C13H19NO3/c1-10(2)9-17-7-6-14-8-11-4-3-5-12(15)13(11)16/h3-5,14-16H,1,6-9H2,2H3. The van der Waals surface area contributed by atoms with Gasteiger partial charge in [-0.3, -0.25) is 0 Å². The van der Waals surface area contributed by atoms with Crippen molar-refractivity contribution in [1.82, 2.24) is 5.32 Å². The maximum Gasteiger partial charge on any atom is 0.161 e. The molecule has 0 radical (unpaired) electrons. The second-order valence-electron chi connectivity index (χ2n) is 3.97. The Labute approximate surface area is 102 Å². The Hall–Kier alpha value is -1.52. The van der Waals surface area contributed by atoms with E-state index >= 15 is 0 Å². The first-order chi connectivity index (χ1) is 8.11. The van der Waals surface area contributed by atoms with Crippen molar-refractivity contribution in [2.24, 2.45) is 0 Å². The van der Waals surface area contributed by atoms with Crippen LogP contribution in [0, 0.1) is 0 Å². The maximum absolute atomic E-state index is 9.54. The van der Waals surface area contributed by atoms with E-state index < -0.39 is 0 Å². The molecular formula is C13H19NO3. The molecule has 4 heteroatoms. The summed E-state index contributed by atoms with van der Waals surface area (Å²) in [6, 6.07) is 4.91. The van der Waals surface area contributed by atoms with Crippen LogP contribution in [0.25, 0.3) is 0 Å². The SMILES string of the molecule is C=C(C)COCCNCc1cccc(O)c1O. The molecule has 0 saturated heterocycles. The Morgan fingerprint density at radius 2 is 2.18 bits per heavy atom. The van der Waals surface area contributed by atoms with E-state index in [1.54, 1.807) is 12.1 Å². The molecule has 0 aliphatic carbocycles. The minimum Gasteiger partial charge on any atom is -0.504 e. The predicted molar refractivity (Wildman–Crippen MR) is 67.1 cm³/mol. The third-order valence-electron chi connectivity index (χ3n) is 2.19. The van der Waals surface area contributed by atoms with Crippen LogP contribution in [0.3, 0.4) is 0 Å². The van der Waals surface area contributed by atoms with Crippen molar-refractivity contribution in [3.63, 3.8) is 0 Å². The molecule has 0 aliphatic rings. The highest BCUT2D eigenvalue weighted by Crippen LogP contribution is 2.27. The highest BCUT2D eigenvalue weighted by Gasteiger charge is 2.04. The first-order valence-corrected chi connectivity index (χ1v) is 5.54. The van der Waals surface area contributed by atoms with E-state index in [-0.39, 0.29) is 11.5 Å². The lowest BCUT2D eigenvalue weighted by molar-refractivity contribution is 0.157. The summed E-state index contributed by atoms with van der Waals surface area (Å²) < 4.78 is 5.31. The molecule has 0 atom stereocenters. The third kappa shape index (κ3) is 4.89. The molecule has 1 aromatic carbocycles. The molecule has 0 aliphatic heterocycles. The molecule has 0 aromatic heterocycles. The van der Waals surface area contributed by atoms with Gasteiger partial charge in [0.15, 0.2) is 11.5 Å². The van der Waals surface area contributed by atoms with Crippen LogP contribution in [0.2, 0.25) is 0 Å². The molecule has 4 nitrogen and oxygen atoms in total. The minimum atomic E-state index is -0.0946. The van der Waals surface area contributed by atoms with Gasteiger partial charge in [-0.2, -0.15) is 0 Å². The number of ether oxygens (including phenoxy) is 1. The Balaban J connectivity index is 2.22. The summed E-state index contributed by atoms with van der Waals surface area (Å²) in [5.74, 6) is -0.161. The second-order valence-corrected chi connectivity index (χ2v) is 3.97. The van der Waals surface area contributed by atoms with Gasteiger partial charge in [-0.05, 0) is 13.0 Å². The Morgan fingerprint density at radius 1 is 1.41 bits per heavy atom. The third-order valence-corrected chi connectivity index (χ3v) is 2.19. The molecule has 94 valence electrons. The van der Waals surface area contributed by atoms with E-state index in [9.17, 15) is 10.2 Å². The monoisotopic (exact) mass is 237 g/mol. The van der Waals surface area contributed by atoms with Crippen LogP contribution >= 0.6 is 0 Å². The van der Waals surface area contributed by atoms with E-state index in [2.05, 4.69) is 11.9 Å². The first-order valence-electron chi connectivity index (χ1n) is 5.54. The number of phenolic OH excluding ortho intramolecular Hbond substituents is 2. The summed E-state index contributed by atoms with van der Waals surface area (Å²) in [7, 11) is 0. The van der Waals surface area contributed by atoms with E-state index in [1.165, 1.54) is 6.07 Å². The van der Waals surface area contributed by atoms with Crippen LogP contribution in [0.5, 0.6) is 11.5 Å². The fourth-order valence-electron chi connectivity index (χ4n) is 1.33. The Bertz CT molecular complexity index is 377. The summed E-state index contributed by atoms with van der Waals surface area (Å²) in [5.41, 5.74) is 1.67. The number of hydrogen-bond acceptors (Lipinski definition) is 4. The summed E-state index contributed by atoms with van der Waals surface area (Å²) in [6.45, 7) is 7.99. The summed E-state index contributed by atoms with van der Waals surface area (Å²) in [6.07, 6.45) is 0. The van der Waals surface area contributed by atoms with Crippen LogP contribution in [0.15, 0.2) is 30.4 Å². The lowest BCUT2D eigenvalue weighted by Crippen LogP contribution is -2.19. The van der Waals surface area contributed by atoms with Crippen molar-refractivity contribution in [1.29, 1.82) is 0 Å². The van der Waals surface area contributed by atoms with Crippen molar-refractivity contribution in [2.75, 3.05) is 19.8 Å². The number of rotatable bonds is 7. The number of nitrogens with one attached hydrogen (secondary N) is 1. The topological polar surface area (TPSA) is 61.7 Å². The molecule has 0 saturated carbocycles. The number of phenols is 2. The van der Waals surface area contributed by atoms with Crippen molar-refractivity contribution in [2.45, 2.75) is 13.5 Å². The zero-order valence-corrected chi connectivity index (χ0v) is 10.1. The average molecular weight is 237 g/mol. The van der Waals surface area contributed by atoms with Gasteiger partial charge in [0.2, 0.25) is 0 Å². The quantitative estimate of drug-likeness (QED) is 0.384. The average Bonchev–Trinajstić information content (AvgIpc) is 2.28. The lowest BCUT2D eigenvalue weighted by Gasteiger charge is -2.08. The van der Waals surface area contributed by atoms with Gasteiger partial charge in [-0.25, -0.2) is 0 Å². The molecule has 0 fully saturated rings. The molecule has 0 bridgehead atoms. The second kappa shape index (κ2) is 6.93. The zero-order chi connectivity index (χ0) is 12.7. The van der Waals surface area contributed by atoms with Gasteiger partial charge >= 0.3 is 0 Å². The van der Waals surface area contributed by atoms with E-state index in [1.807, 2.05) is 6.92 Å². The maximum atomic E-state index is 9.54. The van der Waals surface area contributed by atoms with Gasteiger partial charge in [0.25, 0.3) is 0 Å². The van der Waals surface area contributed by atoms with Gasteiger partial charge in [0.1, 0.15) is 0 Å². The van der Waals surface area contributed by atoms with Gasteiger partial charge < -0.3 is 20.3 Å². The van der Waals surface area contributed by atoms with Crippen LogP contribution in [0.1, 0.15) is 12.5 Å². The first kappa shape index (κ1) is 13.5. The van der Waals surface area contributed by atoms with Crippen LogP contribution in [-0.2, 0) is 11.3 Å². The largest absolute Gasteiger partial charge is 0.504 e. The molecule has 0 amide bonds. The highest BCUT2D eigenvalue weighted by atomic mass is 16.5. The summed E-state index contributed by atoms with van der Waals surface area (Å²) in [5, 5.41) is 21.9. The van der Waals surface area contributed by atoms with Gasteiger partial charge in [0, 0.05) is 18.7 Å². The number of hydrogen-bond donors (Lipinski definition) is 3. The summed E-state index contributed by atoms with van der Waals surface area (Å²) in [4.78, 5) is 0. The molecule has 0 unspecified atom stereocenters. The van der Waals surface area contributed by atoms with Crippen LogP contribution in [0.4, 0.5) is 0 Å². The summed E-state index contributed by atoms with van der Waals surface area (Å²) >= 11 is 0. The fourth-order valence-corrected chi connectivity index (χ4v) is 1.33. The Morgan fingerprint density at radius 3 is 2.88 bits per heavy atom. The van der Waals surface area contributed by atoms with Crippen LogP contribution < -0.4 is 5.32 Å². The fraction of sp³-hybridized carbons (Fsp3) is 0.385.